The number of rotatable bonds is 5. The number of aliphatic hydroxyl groups is 1. The Labute approximate surface area is 115 Å². The molecule has 0 aliphatic carbocycles. The van der Waals surface area contributed by atoms with Crippen LogP contribution >= 0.6 is 11.6 Å². The molecule has 0 bridgehead atoms. The first kappa shape index (κ1) is 13.4. The van der Waals surface area contributed by atoms with Gasteiger partial charge in [0.15, 0.2) is 0 Å². The number of halogens is 1. The molecule has 0 aliphatic rings. The van der Waals surface area contributed by atoms with E-state index < -0.39 is 0 Å². The van der Waals surface area contributed by atoms with E-state index in [2.05, 4.69) is 5.32 Å². The summed E-state index contributed by atoms with van der Waals surface area (Å²) in [6.07, 6.45) is 0.580. The molecule has 0 aliphatic heterocycles. The summed E-state index contributed by atoms with van der Waals surface area (Å²) in [5.41, 5.74) is 1.18. The summed E-state index contributed by atoms with van der Waals surface area (Å²) in [5, 5.41) is 12.5. The fourth-order valence-corrected chi connectivity index (χ4v) is 1.72. The van der Waals surface area contributed by atoms with Crippen molar-refractivity contribution >= 4 is 23.7 Å². The highest BCUT2D eigenvalue weighted by Crippen LogP contribution is 2.28. The summed E-state index contributed by atoms with van der Waals surface area (Å²) in [6.45, 7) is -0.183. The van der Waals surface area contributed by atoms with Crippen molar-refractivity contribution in [1.29, 1.82) is 0 Å². The van der Waals surface area contributed by atoms with E-state index in [1.54, 1.807) is 42.5 Å². The summed E-state index contributed by atoms with van der Waals surface area (Å²) in [6, 6.07) is 11.9. The predicted molar refractivity (Wildman–Crippen MR) is 73.6 cm³/mol. The van der Waals surface area contributed by atoms with Gasteiger partial charge in [-0.2, -0.15) is 0 Å². The Bertz CT molecular complexity index is 569. The van der Waals surface area contributed by atoms with Crippen LogP contribution in [-0.4, -0.2) is 11.5 Å². The maximum atomic E-state index is 10.4. The fraction of sp³-hybridized carbons (Fsp3) is 0.0714. The zero-order chi connectivity index (χ0) is 13.7. The molecule has 2 N–H and O–H groups in total. The molecular formula is C14H12ClNO3. The maximum Gasteiger partial charge on any atom is 0.211 e. The molecule has 1 amide bonds. The molecule has 0 saturated carbocycles. The number of benzene rings is 2. The highest BCUT2D eigenvalue weighted by Gasteiger charge is 2.06. The van der Waals surface area contributed by atoms with Gasteiger partial charge >= 0.3 is 0 Å². The van der Waals surface area contributed by atoms with Crippen molar-refractivity contribution in [2.75, 3.05) is 5.32 Å². The molecular weight excluding hydrogens is 266 g/mol. The zero-order valence-electron chi connectivity index (χ0n) is 9.97. The molecule has 2 rings (SSSR count). The van der Waals surface area contributed by atoms with Gasteiger partial charge in [-0.3, -0.25) is 4.79 Å². The Balaban J connectivity index is 2.24. The first-order valence-corrected chi connectivity index (χ1v) is 5.98. The van der Waals surface area contributed by atoms with E-state index >= 15 is 0 Å². The van der Waals surface area contributed by atoms with Crippen molar-refractivity contribution < 1.29 is 14.6 Å². The van der Waals surface area contributed by atoms with Gasteiger partial charge in [-0.25, -0.2) is 0 Å². The Morgan fingerprint density at radius 3 is 2.58 bits per heavy atom. The van der Waals surface area contributed by atoms with Crippen LogP contribution in [0.4, 0.5) is 5.69 Å². The highest BCUT2D eigenvalue weighted by atomic mass is 35.5. The Hall–Kier alpha value is -2.04. The highest BCUT2D eigenvalue weighted by molar-refractivity contribution is 6.30. The normalized spacial score (nSPS) is 10.0. The molecule has 98 valence electrons. The lowest BCUT2D eigenvalue weighted by atomic mass is 10.2. The van der Waals surface area contributed by atoms with Crippen LogP contribution < -0.4 is 10.1 Å². The lowest BCUT2D eigenvalue weighted by molar-refractivity contribution is -0.105. The van der Waals surface area contributed by atoms with Gasteiger partial charge in [0.2, 0.25) is 6.41 Å². The lowest BCUT2D eigenvalue weighted by Gasteiger charge is -2.11. The second-order valence-corrected chi connectivity index (χ2v) is 4.24. The van der Waals surface area contributed by atoms with Crippen LogP contribution in [0.15, 0.2) is 42.5 Å². The van der Waals surface area contributed by atoms with Crippen molar-refractivity contribution in [3.05, 3.63) is 53.1 Å². The Morgan fingerprint density at radius 2 is 1.95 bits per heavy atom. The van der Waals surface area contributed by atoms with E-state index in [4.69, 9.17) is 16.3 Å². The number of hydrogen-bond acceptors (Lipinski definition) is 3. The smallest absolute Gasteiger partial charge is 0.211 e. The molecule has 0 radical (unpaired) electrons. The minimum Gasteiger partial charge on any atom is -0.457 e. The van der Waals surface area contributed by atoms with E-state index in [1.165, 1.54) is 0 Å². The van der Waals surface area contributed by atoms with Crippen LogP contribution in [0.25, 0.3) is 0 Å². The number of anilines is 1. The van der Waals surface area contributed by atoms with Crippen LogP contribution in [0.3, 0.4) is 0 Å². The first-order valence-electron chi connectivity index (χ1n) is 5.60. The third-order valence-electron chi connectivity index (χ3n) is 2.50. The number of carbonyl (C=O) groups excluding carboxylic acids is 1. The van der Waals surface area contributed by atoms with Crippen molar-refractivity contribution in [3.63, 3.8) is 0 Å². The minimum absolute atomic E-state index is 0.183. The summed E-state index contributed by atoms with van der Waals surface area (Å²) < 4.78 is 5.65. The van der Waals surface area contributed by atoms with Crippen molar-refractivity contribution in [2.45, 2.75) is 6.61 Å². The molecule has 0 aromatic heterocycles. The van der Waals surface area contributed by atoms with Crippen LogP contribution in [0, 0.1) is 0 Å². The SMILES string of the molecule is O=CNc1ccc(Oc2ccc(Cl)cc2)c(CO)c1. The molecule has 2 aromatic carbocycles. The number of ether oxygens (including phenoxy) is 1. The van der Waals surface area contributed by atoms with Crippen LogP contribution in [0.1, 0.15) is 5.56 Å². The minimum atomic E-state index is -0.183. The molecule has 0 heterocycles. The standard InChI is InChI=1S/C14H12ClNO3/c15-11-1-4-13(5-2-11)19-14-6-3-12(16-9-18)7-10(14)8-17/h1-7,9,17H,8H2,(H,16,18). The topological polar surface area (TPSA) is 58.6 Å². The Morgan fingerprint density at radius 1 is 1.21 bits per heavy atom. The molecule has 0 spiro atoms. The average molecular weight is 278 g/mol. The van der Waals surface area contributed by atoms with Gasteiger partial charge in [0, 0.05) is 16.3 Å². The molecule has 4 nitrogen and oxygen atoms in total. The number of nitrogens with one attached hydrogen (secondary N) is 1. The summed E-state index contributed by atoms with van der Waals surface area (Å²) in [4.78, 5) is 10.4. The third-order valence-corrected chi connectivity index (χ3v) is 2.75. The molecule has 2 aromatic rings. The van der Waals surface area contributed by atoms with E-state index in [9.17, 15) is 9.90 Å². The van der Waals surface area contributed by atoms with Crippen molar-refractivity contribution in [3.8, 4) is 11.5 Å². The molecule has 19 heavy (non-hydrogen) atoms. The molecule has 0 fully saturated rings. The summed E-state index contributed by atoms with van der Waals surface area (Å²) in [7, 11) is 0. The predicted octanol–water partition coefficient (Wildman–Crippen LogP) is 3.19. The molecule has 5 heteroatoms. The van der Waals surface area contributed by atoms with Gasteiger partial charge in [-0.1, -0.05) is 11.6 Å². The van der Waals surface area contributed by atoms with Gasteiger partial charge in [-0.15, -0.1) is 0 Å². The summed E-state index contributed by atoms with van der Waals surface area (Å²) >= 11 is 5.79. The van der Waals surface area contributed by atoms with E-state index in [-0.39, 0.29) is 6.61 Å². The van der Waals surface area contributed by atoms with Crippen LogP contribution in [0.5, 0.6) is 11.5 Å². The molecule has 0 atom stereocenters. The fourth-order valence-electron chi connectivity index (χ4n) is 1.59. The quantitative estimate of drug-likeness (QED) is 0.825. The van der Waals surface area contributed by atoms with Crippen molar-refractivity contribution in [2.24, 2.45) is 0 Å². The second kappa shape index (κ2) is 6.22. The monoisotopic (exact) mass is 277 g/mol. The van der Waals surface area contributed by atoms with Gasteiger partial charge in [0.05, 0.1) is 6.61 Å². The number of hydrogen-bond donors (Lipinski definition) is 2. The van der Waals surface area contributed by atoms with E-state index in [0.29, 0.717) is 34.2 Å². The maximum absolute atomic E-state index is 10.4. The first-order chi connectivity index (χ1) is 9.22. The molecule has 0 saturated heterocycles. The number of carbonyl (C=O) groups is 1. The van der Waals surface area contributed by atoms with E-state index in [0.717, 1.165) is 0 Å². The summed E-state index contributed by atoms with van der Waals surface area (Å²) in [5.74, 6) is 1.15. The van der Waals surface area contributed by atoms with Crippen LogP contribution in [0.2, 0.25) is 5.02 Å². The molecule has 0 unspecified atom stereocenters. The van der Waals surface area contributed by atoms with Crippen molar-refractivity contribution in [1.82, 2.24) is 0 Å². The second-order valence-electron chi connectivity index (χ2n) is 3.80. The van der Waals surface area contributed by atoms with Gasteiger partial charge in [-0.05, 0) is 42.5 Å². The average Bonchev–Trinajstić information content (AvgIpc) is 2.43. The number of aliphatic hydroxyl groups excluding tert-OH is 1. The zero-order valence-corrected chi connectivity index (χ0v) is 10.7. The van der Waals surface area contributed by atoms with Crippen LogP contribution in [-0.2, 0) is 11.4 Å². The number of amides is 1. The van der Waals surface area contributed by atoms with Gasteiger partial charge < -0.3 is 15.2 Å². The Kier molecular flexibility index (Phi) is 4.39. The largest absolute Gasteiger partial charge is 0.457 e. The lowest BCUT2D eigenvalue weighted by Crippen LogP contribution is -1.97. The van der Waals surface area contributed by atoms with Gasteiger partial charge in [0.25, 0.3) is 0 Å². The van der Waals surface area contributed by atoms with E-state index in [1.807, 2.05) is 0 Å². The van der Waals surface area contributed by atoms with Gasteiger partial charge in [0.1, 0.15) is 11.5 Å². The third kappa shape index (κ3) is 3.47.